The maximum Gasteiger partial charge on any atom is 0.256 e. The van der Waals surface area contributed by atoms with E-state index in [1.165, 1.54) is 25.6 Å². The summed E-state index contributed by atoms with van der Waals surface area (Å²) in [7, 11) is 3.08. The molecule has 1 amide bonds. The van der Waals surface area contributed by atoms with Crippen LogP contribution in [0.15, 0.2) is 18.2 Å². The van der Waals surface area contributed by atoms with Crippen LogP contribution >= 0.6 is 11.3 Å². The zero-order chi connectivity index (χ0) is 18.7. The highest BCUT2D eigenvalue weighted by Gasteiger charge is 2.25. The van der Waals surface area contributed by atoms with Crippen molar-refractivity contribution in [3.63, 3.8) is 0 Å². The van der Waals surface area contributed by atoms with Gasteiger partial charge in [0, 0.05) is 29.6 Å². The molecule has 0 unspecified atom stereocenters. The van der Waals surface area contributed by atoms with Gasteiger partial charge < -0.3 is 14.8 Å². The van der Waals surface area contributed by atoms with Crippen molar-refractivity contribution in [1.29, 1.82) is 5.26 Å². The molecule has 2 aromatic rings. The van der Waals surface area contributed by atoms with Gasteiger partial charge in [0.15, 0.2) is 0 Å². The monoisotopic (exact) mass is 371 g/mol. The van der Waals surface area contributed by atoms with E-state index < -0.39 is 0 Å². The van der Waals surface area contributed by atoms with Crippen molar-refractivity contribution >= 4 is 22.2 Å². The first-order valence-corrected chi connectivity index (χ1v) is 9.22. The zero-order valence-electron chi connectivity index (χ0n) is 15.1. The van der Waals surface area contributed by atoms with E-state index in [-0.39, 0.29) is 5.91 Å². The van der Waals surface area contributed by atoms with Crippen LogP contribution in [-0.4, -0.2) is 38.1 Å². The lowest BCUT2D eigenvalue weighted by Crippen LogP contribution is -2.29. The molecule has 26 heavy (non-hydrogen) atoms. The fourth-order valence-electron chi connectivity index (χ4n) is 3.05. The third-order valence-corrected chi connectivity index (χ3v) is 5.67. The molecule has 0 aliphatic carbocycles. The zero-order valence-corrected chi connectivity index (χ0v) is 15.9. The van der Waals surface area contributed by atoms with Crippen molar-refractivity contribution in [1.82, 2.24) is 4.90 Å². The second kappa shape index (κ2) is 7.77. The Morgan fingerprint density at radius 1 is 1.31 bits per heavy atom. The number of amides is 1. The molecule has 1 aliphatic rings. The molecule has 0 spiro atoms. The number of hydrogen-bond donors (Lipinski definition) is 1. The maximum atomic E-state index is 12.7. The standard InChI is InChI=1S/C19H21N3O3S/c1-4-22-6-5-15-16(10-20)19(26-17(15)11-22)21-18(23)12-7-13(24-2)9-14(8-12)25-3/h7-9H,4-6,11H2,1-3H3,(H,21,23). The van der Waals surface area contributed by atoms with Crippen LogP contribution in [0.4, 0.5) is 5.00 Å². The summed E-state index contributed by atoms with van der Waals surface area (Å²) in [6.07, 6.45) is 0.839. The van der Waals surface area contributed by atoms with Crippen LogP contribution in [0.1, 0.15) is 33.3 Å². The van der Waals surface area contributed by atoms with Gasteiger partial charge in [-0.3, -0.25) is 9.69 Å². The molecule has 1 N–H and O–H groups in total. The summed E-state index contributed by atoms with van der Waals surface area (Å²) in [6, 6.07) is 7.27. The summed E-state index contributed by atoms with van der Waals surface area (Å²) in [6.45, 7) is 4.87. The highest BCUT2D eigenvalue weighted by atomic mass is 32.1. The number of rotatable bonds is 5. The lowest BCUT2D eigenvalue weighted by Gasteiger charge is -2.24. The predicted octanol–water partition coefficient (Wildman–Crippen LogP) is 3.27. The smallest absolute Gasteiger partial charge is 0.256 e. The van der Waals surface area contributed by atoms with Crippen molar-refractivity contribution < 1.29 is 14.3 Å². The van der Waals surface area contributed by atoms with E-state index in [0.717, 1.165) is 36.5 Å². The number of fused-ring (bicyclic) bond motifs is 1. The molecule has 1 aromatic heterocycles. The van der Waals surface area contributed by atoms with Crippen LogP contribution in [0.25, 0.3) is 0 Å². The highest BCUT2D eigenvalue weighted by Crippen LogP contribution is 2.37. The average molecular weight is 371 g/mol. The van der Waals surface area contributed by atoms with Crippen molar-refractivity contribution in [2.75, 3.05) is 32.6 Å². The van der Waals surface area contributed by atoms with E-state index in [1.54, 1.807) is 18.2 Å². The number of carbonyl (C=O) groups is 1. The van der Waals surface area contributed by atoms with Crippen LogP contribution in [0.2, 0.25) is 0 Å². The Hall–Kier alpha value is -2.56. The summed E-state index contributed by atoms with van der Waals surface area (Å²) >= 11 is 1.49. The van der Waals surface area contributed by atoms with Gasteiger partial charge in [0.05, 0.1) is 19.8 Å². The van der Waals surface area contributed by atoms with Crippen LogP contribution < -0.4 is 14.8 Å². The number of likely N-dealkylation sites (N-methyl/N-ethyl adjacent to an activating group) is 1. The normalized spacial score (nSPS) is 13.6. The van der Waals surface area contributed by atoms with Gasteiger partial charge in [-0.2, -0.15) is 5.26 Å². The molecule has 0 fully saturated rings. The highest BCUT2D eigenvalue weighted by molar-refractivity contribution is 7.16. The Morgan fingerprint density at radius 3 is 2.58 bits per heavy atom. The van der Waals surface area contributed by atoms with Crippen molar-refractivity contribution in [2.24, 2.45) is 0 Å². The third kappa shape index (κ3) is 3.52. The van der Waals surface area contributed by atoms with Crippen molar-refractivity contribution in [3.05, 3.63) is 39.8 Å². The molecule has 1 aromatic carbocycles. The molecular weight excluding hydrogens is 350 g/mol. The largest absolute Gasteiger partial charge is 0.497 e. The molecule has 0 bridgehead atoms. The van der Waals surface area contributed by atoms with Gasteiger partial charge in [0.1, 0.15) is 22.6 Å². The van der Waals surface area contributed by atoms with Gasteiger partial charge >= 0.3 is 0 Å². The lowest BCUT2D eigenvalue weighted by molar-refractivity contribution is 0.102. The van der Waals surface area contributed by atoms with Gasteiger partial charge in [-0.1, -0.05) is 6.92 Å². The van der Waals surface area contributed by atoms with E-state index in [0.29, 0.717) is 27.6 Å². The van der Waals surface area contributed by atoms with E-state index in [4.69, 9.17) is 9.47 Å². The van der Waals surface area contributed by atoms with E-state index in [2.05, 4.69) is 23.2 Å². The molecule has 6 nitrogen and oxygen atoms in total. The molecule has 136 valence electrons. The SMILES string of the molecule is CCN1CCc2c(sc(NC(=O)c3cc(OC)cc(OC)c3)c2C#N)C1. The van der Waals surface area contributed by atoms with E-state index in [1.807, 2.05) is 0 Å². The number of methoxy groups -OCH3 is 2. The number of carbonyl (C=O) groups excluding carboxylic acids is 1. The molecule has 0 radical (unpaired) electrons. The van der Waals surface area contributed by atoms with Gasteiger partial charge in [-0.25, -0.2) is 0 Å². The van der Waals surface area contributed by atoms with Crippen LogP contribution in [0, 0.1) is 11.3 Å². The van der Waals surface area contributed by atoms with Gasteiger partial charge in [-0.05, 0) is 30.7 Å². The van der Waals surface area contributed by atoms with Gasteiger partial charge in [0.2, 0.25) is 0 Å². The Morgan fingerprint density at radius 2 is 2.00 bits per heavy atom. The Kier molecular flexibility index (Phi) is 5.45. The minimum atomic E-state index is -0.287. The summed E-state index contributed by atoms with van der Waals surface area (Å²) in [5, 5.41) is 13.1. The summed E-state index contributed by atoms with van der Waals surface area (Å²) in [5.41, 5.74) is 2.08. The summed E-state index contributed by atoms with van der Waals surface area (Å²) in [5.74, 6) is 0.794. The molecule has 1 aliphatic heterocycles. The predicted molar refractivity (Wildman–Crippen MR) is 101 cm³/mol. The quantitative estimate of drug-likeness (QED) is 0.873. The van der Waals surface area contributed by atoms with Gasteiger partial charge in [-0.15, -0.1) is 11.3 Å². The molecule has 7 heteroatoms. The maximum absolute atomic E-state index is 12.7. The van der Waals surface area contributed by atoms with Crippen molar-refractivity contribution in [3.8, 4) is 17.6 Å². The topological polar surface area (TPSA) is 74.6 Å². The third-order valence-electron chi connectivity index (χ3n) is 4.54. The molecule has 2 heterocycles. The minimum Gasteiger partial charge on any atom is -0.497 e. The first-order valence-electron chi connectivity index (χ1n) is 8.41. The minimum absolute atomic E-state index is 0.287. The first kappa shape index (κ1) is 18.2. The summed E-state index contributed by atoms with van der Waals surface area (Å²) < 4.78 is 10.4. The van der Waals surface area contributed by atoms with Crippen LogP contribution in [0.3, 0.4) is 0 Å². The van der Waals surface area contributed by atoms with Crippen LogP contribution in [-0.2, 0) is 13.0 Å². The van der Waals surface area contributed by atoms with Crippen LogP contribution in [0.5, 0.6) is 11.5 Å². The van der Waals surface area contributed by atoms with E-state index in [9.17, 15) is 10.1 Å². The fraction of sp³-hybridized carbons (Fsp3) is 0.368. The number of nitriles is 1. The first-order chi connectivity index (χ1) is 12.6. The van der Waals surface area contributed by atoms with E-state index >= 15 is 0 Å². The Bertz CT molecular complexity index is 847. The number of nitrogens with zero attached hydrogens (tertiary/aromatic N) is 2. The molecule has 0 saturated carbocycles. The number of nitrogens with one attached hydrogen (secondary N) is 1. The number of benzene rings is 1. The fourth-order valence-corrected chi connectivity index (χ4v) is 4.28. The molecule has 0 atom stereocenters. The summed E-state index contributed by atoms with van der Waals surface area (Å²) in [4.78, 5) is 16.2. The second-order valence-corrected chi connectivity index (χ2v) is 7.10. The lowest BCUT2D eigenvalue weighted by atomic mass is 10.0. The van der Waals surface area contributed by atoms with Crippen molar-refractivity contribution in [2.45, 2.75) is 19.9 Å². The molecule has 3 rings (SSSR count). The number of ether oxygens (including phenoxy) is 2. The number of anilines is 1. The Labute approximate surface area is 156 Å². The number of thiophene rings is 1. The number of hydrogen-bond acceptors (Lipinski definition) is 6. The Balaban J connectivity index is 1.89. The second-order valence-electron chi connectivity index (χ2n) is 5.99. The molecular formula is C19H21N3O3S. The molecule has 0 saturated heterocycles. The average Bonchev–Trinajstić information content (AvgIpc) is 3.03. The van der Waals surface area contributed by atoms with Gasteiger partial charge in [0.25, 0.3) is 5.91 Å².